The molecule has 4 heteroatoms. The molecule has 0 saturated carbocycles. The molecule has 0 fully saturated rings. The summed E-state index contributed by atoms with van der Waals surface area (Å²) in [4.78, 5) is 12.4. The van der Waals surface area contributed by atoms with Gasteiger partial charge in [-0.3, -0.25) is 4.79 Å². The summed E-state index contributed by atoms with van der Waals surface area (Å²) < 4.78 is 0. The minimum Gasteiger partial charge on any atom is -0.394 e. The first-order chi connectivity index (χ1) is 26.7. The number of carbonyl (C=O) groups is 1. The molecule has 3 N–H and O–H groups in total. The second-order valence-electron chi connectivity index (χ2n) is 16.5. The van der Waals surface area contributed by atoms with E-state index in [9.17, 15) is 15.0 Å². The van der Waals surface area contributed by atoms with Gasteiger partial charge in [0.25, 0.3) is 0 Å². The molecule has 0 rings (SSSR count). The second kappa shape index (κ2) is 46.0. The molecular formula is C50H95NO3. The molecule has 0 radical (unpaired) electrons. The van der Waals surface area contributed by atoms with Gasteiger partial charge in [0.15, 0.2) is 0 Å². The van der Waals surface area contributed by atoms with Crippen LogP contribution in [0.3, 0.4) is 0 Å². The highest BCUT2D eigenvalue weighted by Crippen LogP contribution is 2.16. The van der Waals surface area contributed by atoms with Crippen LogP contribution in [0.4, 0.5) is 0 Å². The van der Waals surface area contributed by atoms with Gasteiger partial charge in [-0.15, -0.1) is 0 Å². The molecule has 54 heavy (non-hydrogen) atoms. The van der Waals surface area contributed by atoms with Gasteiger partial charge in [-0.05, 0) is 44.9 Å². The summed E-state index contributed by atoms with van der Waals surface area (Å²) in [7, 11) is 0. The Hall–Kier alpha value is -1.39. The van der Waals surface area contributed by atoms with Gasteiger partial charge in [0.2, 0.25) is 5.91 Å². The zero-order valence-corrected chi connectivity index (χ0v) is 36.5. The summed E-state index contributed by atoms with van der Waals surface area (Å²) in [5, 5.41) is 23.0. The second-order valence-corrected chi connectivity index (χ2v) is 16.5. The average molecular weight is 758 g/mol. The van der Waals surface area contributed by atoms with Crippen molar-refractivity contribution in [3.05, 3.63) is 36.5 Å². The minimum atomic E-state index is -0.867. The molecule has 4 nitrogen and oxygen atoms in total. The van der Waals surface area contributed by atoms with Crippen LogP contribution in [0.15, 0.2) is 36.5 Å². The Morgan fingerprint density at radius 1 is 0.426 bits per heavy atom. The largest absolute Gasteiger partial charge is 0.394 e. The van der Waals surface area contributed by atoms with Crippen LogP contribution in [-0.2, 0) is 4.79 Å². The minimum absolute atomic E-state index is 0.0743. The van der Waals surface area contributed by atoms with Crippen molar-refractivity contribution in [2.24, 2.45) is 0 Å². The third-order valence-corrected chi connectivity index (χ3v) is 11.1. The first-order valence-electron chi connectivity index (χ1n) is 24.2. The van der Waals surface area contributed by atoms with Crippen molar-refractivity contribution in [2.75, 3.05) is 6.61 Å². The third-order valence-electron chi connectivity index (χ3n) is 11.1. The predicted octanol–water partition coefficient (Wildman–Crippen LogP) is 15.4. The number of unbranched alkanes of at least 4 members (excludes halogenated alkanes) is 33. The van der Waals surface area contributed by atoms with Gasteiger partial charge in [-0.2, -0.15) is 0 Å². The fourth-order valence-electron chi connectivity index (χ4n) is 7.39. The van der Waals surface area contributed by atoms with Crippen molar-refractivity contribution in [3.8, 4) is 0 Å². The van der Waals surface area contributed by atoms with Gasteiger partial charge in [-0.25, -0.2) is 0 Å². The Kier molecular flexibility index (Phi) is 44.8. The number of nitrogens with one attached hydrogen (secondary N) is 1. The molecule has 0 spiro atoms. The van der Waals surface area contributed by atoms with Gasteiger partial charge in [0, 0.05) is 6.42 Å². The van der Waals surface area contributed by atoms with Crippen molar-refractivity contribution < 1.29 is 15.0 Å². The lowest BCUT2D eigenvalue weighted by Gasteiger charge is -2.19. The number of aliphatic hydroxyl groups is 2. The lowest BCUT2D eigenvalue weighted by molar-refractivity contribution is -0.123. The van der Waals surface area contributed by atoms with E-state index in [0.29, 0.717) is 6.42 Å². The molecule has 318 valence electrons. The number of allylic oxidation sites excluding steroid dienone is 5. The maximum Gasteiger partial charge on any atom is 0.220 e. The van der Waals surface area contributed by atoms with Gasteiger partial charge in [-0.1, -0.05) is 243 Å². The molecule has 0 bridgehead atoms. The molecule has 1 amide bonds. The maximum absolute atomic E-state index is 12.4. The van der Waals surface area contributed by atoms with E-state index in [1.807, 2.05) is 6.08 Å². The van der Waals surface area contributed by atoms with E-state index in [-0.39, 0.29) is 12.5 Å². The van der Waals surface area contributed by atoms with E-state index < -0.39 is 12.1 Å². The number of aliphatic hydroxyl groups excluding tert-OH is 2. The topological polar surface area (TPSA) is 69.6 Å². The molecule has 0 aliphatic carbocycles. The summed E-state index contributed by atoms with van der Waals surface area (Å²) >= 11 is 0. The first kappa shape index (κ1) is 52.6. The summed E-state index contributed by atoms with van der Waals surface area (Å²) in [5.41, 5.74) is 0. The summed E-state index contributed by atoms with van der Waals surface area (Å²) in [6, 6.07) is -0.642. The molecule has 0 aromatic rings. The van der Waals surface area contributed by atoms with Crippen LogP contribution >= 0.6 is 0 Å². The Morgan fingerprint density at radius 3 is 1.07 bits per heavy atom. The number of amides is 1. The number of hydrogen-bond donors (Lipinski definition) is 3. The summed E-state index contributed by atoms with van der Waals surface area (Å²) in [5.74, 6) is -0.0743. The highest BCUT2D eigenvalue weighted by atomic mass is 16.3. The third kappa shape index (κ3) is 41.8. The molecule has 0 heterocycles. The van der Waals surface area contributed by atoms with Crippen LogP contribution in [-0.4, -0.2) is 34.9 Å². The molecule has 2 atom stereocenters. The molecule has 0 aliphatic heterocycles. The van der Waals surface area contributed by atoms with Gasteiger partial charge >= 0.3 is 0 Å². The quantitative estimate of drug-likeness (QED) is 0.0428. The van der Waals surface area contributed by atoms with E-state index in [0.717, 1.165) is 38.5 Å². The maximum atomic E-state index is 12.4. The van der Waals surface area contributed by atoms with E-state index in [4.69, 9.17) is 0 Å². The van der Waals surface area contributed by atoms with Crippen molar-refractivity contribution in [1.82, 2.24) is 5.32 Å². The van der Waals surface area contributed by atoms with Crippen LogP contribution in [0.5, 0.6) is 0 Å². The average Bonchev–Trinajstić information content (AvgIpc) is 3.18. The van der Waals surface area contributed by atoms with Crippen LogP contribution < -0.4 is 5.32 Å². The van der Waals surface area contributed by atoms with Crippen LogP contribution in [0, 0.1) is 0 Å². The molecule has 2 unspecified atom stereocenters. The normalized spacial score (nSPS) is 13.2. The van der Waals surface area contributed by atoms with Crippen LogP contribution in [0.25, 0.3) is 0 Å². The number of carbonyl (C=O) groups excluding carboxylic acids is 1. The molecule has 0 saturated heterocycles. The molecule has 0 aromatic heterocycles. The number of hydrogen-bond acceptors (Lipinski definition) is 3. The molecular weight excluding hydrogens is 663 g/mol. The fourth-order valence-corrected chi connectivity index (χ4v) is 7.39. The lowest BCUT2D eigenvalue weighted by atomic mass is 10.0. The smallest absolute Gasteiger partial charge is 0.220 e. The zero-order valence-electron chi connectivity index (χ0n) is 36.5. The van der Waals surface area contributed by atoms with E-state index in [1.54, 1.807) is 6.08 Å². The standard InChI is InChI=1S/C50H95NO3/c1-3-5-7-9-11-13-15-17-19-21-22-23-24-25-26-27-28-29-30-32-34-36-38-40-42-44-46-50(54)51-48(47-52)49(53)45-43-41-39-37-35-33-31-20-18-16-14-12-10-8-6-4-2/h18,20,35,37,43,45,48-49,52-53H,3-17,19,21-34,36,38-42,44,46-47H2,1-2H3,(H,51,54)/b20-18+,37-35+,45-43+. The van der Waals surface area contributed by atoms with E-state index >= 15 is 0 Å². The first-order valence-corrected chi connectivity index (χ1v) is 24.2. The SMILES string of the molecule is CCCCCCCC/C=C/CC/C=C/CC/C=C/C(O)C(CO)NC(=O)CCCCCCCCCCCCCCCCCCCCCCCCCCCC. The van der Waals surface area contributed by atoms with Crippen LogP contribution in [0.1, 0.15) is 258 Å². The van der Waals surface area contributed by atoms with Crippen molar-refractivity contribution in [3.63, 3.8) is 0 Å². The van der Waals surface area contributed by atoms with E-state index in [1.165, 1.54) is 199 Å². The van der Waals surface area contributed by atoms with Gasteiger partial charge < -0.3 is 15.5 Å². The van der Waals surface area contributed by atoms with Gasteiger partial charge in [0.1, 0.15) is 0 Å². The Morgan fingerprint density at radius 2 is 0.722 bits per heavy atom. The zero-order chi connectivity index (χ0) is 39.3. The van der Waals surface area contributed by atoms with Crippen molar-refractivity contribution in [2.45, 2.75) is 270 Å². The monoisotopic (exact) mass is 758 g/mol. The molecule has 0 aliphatic rings. The fraction of sp³-hybridized carbons (Fsp3) is 0.860. The highest BCUT2D eigenvalue weighted by molar-refractivity contribution is 5.76. The van der Waals surface area contributed by atoms with Gasteiger partial charge in [0.05, 0.1) is 18.8 Å². The van der Waals surface area contributed by atoms with Crippen LogP contribution in [0.2, 0.25) is 0 Å². The van der Waals surface area contributed by atoms with Crippen molar-refractivity contribution in [1.29, 1.82) is 0 Å². The Balaban J connectivity index is 3.52. The molecule has 0 aromatic carbocycles. The lowest BCUT2D eigenvalue weighted by Crippen LogP contribution is -2.45. The summed E-state index contributed by atoms with van der Waals surface area (Å²) in [6.45, 7) is 4.30. The highest BCUT2D eigenvalue weighted by Gasteiger charge is 2.17. The predicted molar refractivity (Wildman–Crippen MR) is 239 cm³/mol. The number of rotatable bonds is 44. The summed E-state index contributed by atoms with van der Waals surface area (Å²) in [6.07, 6.45) is 61.3. The van der Waals surface area contributed by atoms with E-state index in [2.05, 4.69) is 43.5 Å². The van der Waals surface area contributed by atoms with Crippen molar-refractivity contribution >= 4 is 5.91 Å². The Labute approximate surface area is 338 Å². The Bertz CT molecular complexity index is 821.